The van der Waals surface area contributed by atoms with E-state index in [1.165, 1.54) is 12.2 Å². The summed E-state index contributed by atoms with van der Waals surface area (Å²) in [6.45, 7) is 7.53. The summed E-state index contributed by atoms with van der Waals surface area (Å²) < 4.78 is 5.76. The fraction of sp³-hybridized carbons (Fsp3) is 0.634. The minimum atomic E-state index is -1.13. The van der Waals surface area contributed by atoms with Gasteiger partial charge in [0.1, 0.15) is 6.10 Å². The molecule has 0 aromatic carbocycles. The van der Waals surface area contributed by atoms with Crippen molar-refractivity contribution in [2.45, 2.75) is 147 Å². The number of rotatable bonds is 2. The molecular weight excluding hydrogens is 668 g/mol. The third kappa shape index (κ3) is 21.7. The highest BCUT2D eigenvalue weighted by Gasteiger charge is 2.27. The fourth-order valence-corrected chi connectivity index (χ4v) is 5.97. The van der Waals surface area contributed by atoms with E-state index < -0.39 is 72.9 Å². The van der Waals surface area contributed by atoms with Crippen LogP contribution in [-0.2, 0) is 9.53 Å². The van der Waals surface area contributed by atoms with Crippen molar-refractivity contribution in [2.75, 3.05) is 0 Å². The van der Waals surface area contributed by atoms with Crippen LogP contribution in [0.2, 0.25) is 0 Å². The van der Waals surface area contributed by atoms with Gasteiger partial charge in [-0.1, -0.05) is 113 Å². The van der Waals surface area contributed by atoms with Crippen LogP contribution < -0.4 is 0 Å². The van der Waals surface area contributed by atoms with Crippen LogP contribution in [0.1, 0.15) is 85.5 Å². The molecule has 0 fully saturated rings. The maximum Gasteiger partial charge on any atom is 0.331 e. The van der Waals surface area contributed by atoms with Gasteiger partial charge in [-0.25, -0.2) is 4.79 Å². The number of hydrogen-bond donors (Lipinski definition) is 9. The standard InChI is InChI=1S/C41H66O11/c1-5-28(2)41-29(3)19-20-31(42)21-32(43)22-33(44)23-34(45)24-35(46)25-36(47)26-37(48)27-39(50)30(4)38(49)17-15-13-11-9-7-6-8-10-12-14-16-18-40(51)52-41/h6-16,18-20,28-39,41-50H,5,17,21-27H2,1-4H3. The molecule has 13 atom stereocenters. The second kappa shape index (κ2) is 27.0. The molecule has 0 bridgehead atoms. The maximum atomic E-state index is 12.6. The van der Waals surface area contributed by atoms with Crippen molar-refractivity contribution in [3.63, 3.8) is 0 Å². The molecule has 0 spiro atoms. The van der Waals surface area contributed by atoms with E-state index in [9.17, 15) is 50.8 Å². The number of carbonyl (C=O) groups is 1. The topological polar surface area (TPSA) is 208 Å². The van der Waals surface area contributed by atoms with Gasteiger partial charge < -0.3 is 50.7 Å². The lowest BCUT2D eigenvalue weighted by molar-refractivity contribution is -0.147. The Labute approximate surface area is 310 Å². The lowest BCUT2D eigenvalue weighted by Gasteiger charge is -2.27. The van der Waals surface area contributed by atoms with Crippen molar-refractivity contribution in [3.8, 4) is 0 Å². The Morgan fingerprint density at radius 3 is 1.50 bits per heavy atom. The SMILES string of the molecule is CCC(C)C1OC(=O)C=CC=CC=CC=CC=CC=CCC(O)C(C)C(O)CC(O)CC(O)CC(O)CC(O)CC(O)CC(O)CC(O)C=CC1C. The van der Waals surface area contributed by atoms with E-state index in [0.29, 0.717) is 0 Å². The molecule has 1 aliphatic rings. The predicted octanol–water partition coefficient (Wildman–Crippen LogP) is 3.49. The zero-order chi connectivity index (χ0) is 39.1. The smallest absolute Gasteiger partial charge is 0.331 e. The molecule has 0 aromatic heterocycles. The Kier molecular flexibility index (Phi) is 24.5. The molecule has 52 heavy (non-hydrogen) atoms. The van der Waals surface area contributed by atoms with Gasteiger partial charge in [-0.2, -0.15) is 0 Å². The zero-order valence-corrected chi connectivity index (χ0v) is 31.3. The molecule has 11 nitrogen and oxygen atoms in total. The summed E-state index contributed by atoms with van der Waals surface area (Å²) in [5, 5.41) is 94.1. The van der Waals surface area contributed by atoms with Crippen LogP contribution in [-0.4, -0.2) is 113 Å². The van der Waals surface area contributed by atoms with Crippen molar-refractivity contribution in [2.24, 2.45) is 17.8 Å². The van der Waals surface area contributed by atoms with E-state index in [4.69, 9.17) is 4.74 Å². The Balaban J connectivity index is 3.01. The molecule has 0 radical (unpaired) electrons. The van der Waals surface area contributed by atoms with E-state index in [1.54, 1.807) is 55.5 Å². The largest absolute Gasteiger partial charge is 0.458 e. The summed E-state index contributed by atoms with van der Waals surface area (Å²) in [5.74, 6) is -1.24. The van der Waals surface area contributed by atoms with Crippen LogP contribution in [0, 0.1) is 17.8 Å². The summed E-state index contributed by atoms with van der Waals surface area (Å²) in [4.78, 5) is 12.6. The Morgan fingerprint density at radius 2 is 1.02 bits per heavy atom. The number of aliphatic hydroxyl groups is 9. The first kappa shape index (κ1) is 47.3. The average Bonchev–Trinajstić information content (AvgIpc) is 3.06. The molecule has 9 N–H and O–H groups in total. The molecule has 1 heterocycles. The molecule has 13 unspecified atom stereocenters. The van der Waals surface area contributed by atoms with E-state index in [1.807, 2.05) is 45.1 Å². The third-order valence-electron chi connectivity index (χ3n) is 9.32. The lowest BCUT2D eigenvalue weighted by Crippen LogP contribution is -2.34. The van der Waals surface area contributed by atoms with Gasteiger partial charge in [0.25, 0.3) is 0 Å². The first-order valence-corrected chi connectivity index (χ1v) is 18.6. The number of esters is 1. The van der Waals surface area contributed by atoms with Gasteiger partial charge >= 0.3 is 5.97 Å². The van der Waals surface area contributed by atoms with Gasteiger partial charge in [0, 0.05) is 24.3 Å². The summed E-state index contributed by atoms with van der Waals surface area (Å²) in [7, 11) is 0. The van der Waals surface area contributed by atoms with Gasteiger partial charge in [-0.05, 0) is 50.9 Å². The molecular formula is C41H66O11. The Bertz CT molecular complexity index is 1180. The molecule has 0 aliphatic carbocycles. The van der Waals surface area contributed by atoms with Gasteiger partial charge in [0.2, 0.25) is 0 Å². The lowest BCUT2D eigenvalue weighted by atomic mass is 9.90. The first-order chi connectivity index (χ1) is 24.6. The second-order valence-corrected chi connectivity index (χ2v) is 14.2. The van der Waals surface area contributed by atoms with Crippen LogP contribution in [0.3, 0.4) is 0 Å². The van der Waals surface area contributed by atoms with Crippen molar-refractivity contribution in [1.82, 2.24) is 0 Å². The normalized spacial score (nSPS) is 36.0. The first-order valence-electron chi connectivity index (χ1n) is 18.6. The molecule has 0 saturated heterocycles. The van der Waals surface area contributed by atoms with Crippen LogP contribution in [0.4, 0.5) is 0 Å². The molecule has 1 rings (SSSR count). The average molecular weight is 735 g/mol. The van der Waals surface area contributed by atoms with Gasteiger partial charge in [0.05, 0.1) is 54.9 Å². The Hall–Kier alpha value is -2.71. The van der Waals surface area contributed by atoms with E-state index >= 15 is 0 Å². The quantitative estimate of drug-likeness (QED) is 0.148. The molecule has 0 aromatic rings. The number of hydrogen-bond acceptors (Lipinski definition) is 11. The summed E-state index contributed by atoms with van der Waals surface area (Å²) in [5.41, 5.74) is 0. The van der Waals surface area contributed by atoms with E-state index in [0.717, 1.165) is 6.42 Å². The number of cyclic esters (lactones) is 1. The minimum absolute atomic E-state index is 0.0413. The zero-order valence-electron chi connectivity index (χ0n) is 31.3. The number of carbonyl (C=O) groups excluding carboxylic acids is 1. The summed E-state index contributed by atoms with van der Waals surface area (Å²) in [6, 6.07) is 0. The highest BCUT2D eigenvalue weighted by atomic mass is 16.5. The Morgan fingerprint density at radius 1 is 0.596 bits per heavy atom. The molecule has 0 amide bonds. The van der Waals surface area contributed by atoms with Gasteiger partial charge in [-0.15, -0.1) is 0 Å². The second-order valence-electron chi connectivity index (χ2n) is 14.2. The highest BCUT2D eigenvalue weighted by molar-refractivity contribution is 5.82. The summed E-state index contributed by atoms with van der Waals surface area (Å²) in [6.07, 6.45) is 14.3. The number of allylic oxidation sites excluding steroid dienone is 10. The van der Waals surface area contributed by atoms with Crippen LogP contribution in [0.15, 0.2) is 85.1 Å². The molecule has 296 valence electrons. The summed E-state index contributed by atoms with van der Waals surface area (Å²) >= 11 is 0. The van der Waals surface area contributed by atoms with Crippen molar-refractivity contribution in [1.29, 1.82) is 0 Å². The minimum Gasteiger partial charge on any atom is -0.458 e. The van der Waals surface area contributed by atoms with Crippen LogP contribution >= 0.6 is 0 Å². The van der Waals surface area contributed by atoms with Crippen molar-refractivity contribution >= 4 is 5.97 Å². The monoisotopic (exact) mass is 734 g/mol. The molecule has 0 saturated carbocycles. The van der Waals surface area contributed by atoms with Crippen LogP contribution in [0.25, 0.3) is 0 Å². The fourth-order valence-electron chi connectivity index (χ4n) is 5.97. The maximum absolute atomic E-state index is 12.6. The predicted molar refractivity (Wildman–Crippen MR) is 203 cm³/mol. The van der Waals surface area contributed by atoms with Crippen molar-refractivity contribution < 1.29 is 55.5 Å². The highest BCUT2D eigenvalue weighted by Crippen LogP contribution is 2.23. The van der Waals surface area contributed by atoms with Crippen molar-refractivity contribution in [3.05, 3.63) is 85.1 Å². The van der Waals surface area contributed by atoms with E-state index in [-0.39, 0.29) is 63.2 Å². The van der Waals surface area contributed by atoms with Crippen LogP contribution in [0.5, 0.6) is 0 Å². The molecule has 11 heteroatoms. The number of aliphatic hydroxyl groups excluding tert-OH is 9. The van der Waals surface area contributed by atoms with E-state index in [2.05, 4.69) is 0 Å². The van der Waals surface area contributed by atoms with Gasteiger partial charge in [0.15, 0.2) is 0 Å². The third-order valence-corrected chi connectivity index (χ3v) is 9.32. The van der Waals surface area contributed by atoms with Gasteiger partial charge in [-0.3, -0.25) is 0 Å². The number of ether oxygens (including phenoxy) is 1. The molecule has 1 aliphatic heterocycles.